The number of aliphatic carboxylic acids is 1. The SMILES string of the molecule is O=C(O)C1CCCC1C(=O)NCCC1CCOC1. The van der Waals surface area contributed by atoms with Gasteiger partial charge in [0.2, 0.25) is 5.91 Å². The van der Waals surface area contributed by atoms with Gasteiger partial charge >= 0.3 is 5.97 Å². The van der Waals surface area contributed by atoms with Crippen LogP contribution in [-0.4, -0.2) is 36.7 Å². The van der Waals surface area contributed by atoms with Gasteiger partial charge in [-0.15, -0.1) is 0 Å². The topological polar surface area (TPSA) is 75.6 Å². The standard InChI is InChI=1S/C13H21NO4/c15-12(10-2-1-3-11(10)13(16)17)14-6-4-9-5-7-18-8-9/h9-11H,1-8H2,(H,14,15)(H,16,17). The lowest BCUT2D eigenvalue weighted by Gasteiger charge is -2.16. The van der Waals surface area contributed by atoms with Crippen LogP contribution in [0, 0.1) is 17.8 Å². The summed E-state index contributed by atoms with van der Waals surface area (Å²) < 4.78 is 5.27. The second-order valence-corrected chi connectivity index (χ2v) is 5.29. The molecule has 1 heterocycles. The zero-order valence-electron chi connectivity index (χ0n) is 10.6. The van der Waals surface area contributed by atoms with E-state index in [0.717, 1.165) is 32.5 Å². The molecule has 3 unspecified atom stereocenters. The first kappa shape index (κ1) is 13.3. The molecule has 18 heavy (non-hydrogen) atoms. The number of carbonyl (C=O) groups excluding carboxylic acids is 1. The van der Waals surface area contributed by atoms with E-state index in [-0.39, 0.29) is 11.8 Å². The molecule has 2 aliphatic rings. The molecule has 0 aromatic rings. The normalized spacial score (nSPS) is 31.4. The average Bonchev–Trinajstić information content (AvgIpc) is 2.99. The molecule has 1 aliphatic carbocycles. The van der Waals surface area contributed by atoms with Crippen molar-refractivity contribution in [3.63, 3.8) is 0 Å². The van der Waals surface area contributed by atoms with Gasteiger partial charge in [0.1, 0.15) is 0 Å². The summed E-state index contributed by atoms with van der Waals surface area (Å²) in [6.45, 7) is 2.25. The molecule has 0 radical (unpaired) electrons. The second-order valence-electron chi connectivity index (χ2n) is 5.29. The van der Waals surface area contributed by atoms with Crippen molar-refractivity contribution in [1.82, 2.24) is 5.32 Å². The van der Waals surface area contributed by atoms with Crippen LogP contribution in [0.5, 0.6) is 0 Å². The van der Waals surface area contributed by atoms with Crippen molar-refractivity contribution in [2.75, 3.05) is 19.8 Å². The van der Waals surface area contributed by atoms with E-state index in [9.17, 15) is 9.59 Å². The van der Waals surface area contributed by atoms with Crippen molar-refractivity contribution < 1.29 is 19.4 Å². The number of carbonyl (C=O) groups is 2. The van der Waals surface area contributed by atoms with E-state index < -0.39 is 11.9 Å². The number of rotatable bonds is 5. The minimum absolute atomic E-state index is 0.0844. The number of hydrogen-bond acceptors (Lipinski definition) is 3. The van der Waals surface area contributed by atoms with Crippen LogP contribution in [0.2, 0.25) is 0 Å². The van der Waals surface area contributed by atoms with Crippen molar-refractivity contribution in [1.29, 1.82) is 0 Å². The van der Waals surface area contributed by atoms with Crippen LogP contribution in [0.3, 0.4) is 0 Å². The molecule has 0 aromatic carbocycles. The third-order valence-electron chi connectivity index (χ3n) is 4.05. The quantitative estimate of drug-likeness (QED) is 0.769. The Hall–Kier alpha value is -1.10. The molecule has 0 aromatic heterocycles. The average molecular weight is 255 g/mol. The smallest absolute Gasteiger partial charge is 0.307 e. The van der Waals surface area contributed by atoms with Crippen molar-refractivity contribution in [2.45, 2.75) is 32.1 Å². The van der Waals surface area contributed by atoms with E-state index in [4.69, 9.17) is 9.84 Å². The van der Waals surface area contributed by atoms with E-state index in [1.807, 2.05) is 0 Å². The second kappa shape index (κ2) is 6.18. The van der Waals surface area contributed by atoms with E-state index in [0.29, 0.717) is 25.3 Å². The highest BCUT2D eigenvalue weighted by Crippen LogP contribution is 2.32. The first-order chi connectivity index (χ1) is 8.68. The van der Waals surface area contributed by atoms with Crippen molar-refractivity contribution in [3.8, 4) is 0 Å². The fourth-order valence-corrected chi connectivity index (χ4v) is 2.91. The third-order valence-corrected chi connectivity index (χ3v) is 4.05. The molecule has 3 atom stereocenters. The maximum atomic E-state index is 11.9. The van der Waals surface area contributed by atoms with Crippen molar-refractivity contribution >= 4 is 11.9 Å². The van der Waals surface area contributed by atoms with Gasteiger partial charge in [-0.05, 0) is 31.6 Å². The highest BCUT2D eigenvalue weighted by molar-refractivity contribution is 5.85. The monoisotopic (exact) mass is 255 g/mol. The lowest BCUT2D eigenvalue weighted by atomic mass is 9.95. The predicted molar refractivity (Wildman–Crippen MR) is 65.0 cm³/mol. The van der Waals surface area contributed by atoms with E-state index >= 15 is 0 Å². The Morgan fingerprint density at radius 3 is 2.67 bits per heavy atom. The zero-order valence-corrected chi connectivity index (χ0v) is 10.6. The van der Waals surface area contributed by atoms with E-state index in [1.165, 1.54) is 0 Å². The largest absolute Gasteiger partial charge is 0.481 e. The van der Waals surface area contributed by atoms with Gasteiger partial charge in [-0.1, -0.05) is 6.42 Å². The molecule has 1 saturated heterocycles. The summed E-state index contributed by atoms with van der Waals surface area (Å²) in [6.07, 6.45) is 4.16. The first-order valence-electron chi connectivity index (χ1n) is 6.76. The van der Waals surface area contributed by atoms with Crippen LogP contribution in [-0.2, 0) is 14.3 Å². The maximum Gasteiger partial charge on any atom is 0.307 e. The van der Waals surface area contributed by atoms with Gasteiger partial charge in [0.05, 0.1) is 11.8 Å². The van der Waals surface area contributed by atoms with Gasteiger partial charge in [-0.3, -0.25) is 9.59 Å². The van der Waals surface area contributed by atoms with Crippen LogP contribution >= 0.6 is 0 Å². The molecule has 0 bridgehead atoms. The Morgan fingerprint density at radius 1 is 1.22 bits per heavy atom. The van der Waals surface area contributed by atoms with Crippen LogP contribution in [0.15, 0.2) is 0 Å². The Balaban J connectivity index is 1.71. The summed E-state index contributed by atoms with van der Waals surface area (Å²) in [5, 5.41) is 11.9. The van der Waals surface area contributed by atoms with Crippen LogP contribution < -0.4 is 5.32 Å². The number of amides is 1. The summed E-state index contributed by atoms with van der Waals surface area (Å²) in [5.41, 5.74) is 0. The van der Waals surface area contributed by atoms with Crippen LogP contribution in [0.25, 0.3) is 0 Å². The van der Waals surface area contributed by atoms with E-state index in [1.54, 1.807) is 0 Å². The molecule has 0 spiro atoms. The maximum absolute atomic E-state index is 11.9. The Morgan fingerprint density at radius 2 is 2.00 bits per heavy atom. The summed E-state index contributed by atoms with van der Waals surface area (Å²) in [4.78, 5) is 22.9. The first-order valence-corrected chi connectivity index (χ1v) is 6.76. The van der Waals surface area contributed by atoms with Gasteiger partial charge in [-0.2, -0.15) is 0 Å². The molecular formula is C13H21NO4. The fraction of sp³-hybridized carbons (Fsp3) is 0.846. The molecule has 2 fully saturated rings. The molecule has 1 aliphatic heterocycles. The molecule has 2 rings (SSSR count). The van der Waals surface area contributed by atoms with Crippen LogP contribution in [0.1, 0.15) is 32.1 Å². The third kappa shape index (κ3) is 3.22. The minimum Gasteiger partial charge on any atom is -0.481 e. The molecule has 2 N–H and O–H groups in total. The molecule has 1 saturated carbocycles. The van der Waals surface area contributed by atoms with Crippen molar-refractivity contribution in [3.05, 3.63) is 0 Å². The number of ether oxygens (including phenoxy) is 1. The minimum atomic E-state index is -0.836. The molecule has 1 amide bonds. The van der Waals surface area contributed by atoms with Crippen LogP contribution in [0.4, 0.5) is 0 Å². The van der Waals surface area contributed by atoms with Gasteiger partial charge in [0.15, 0.2) is 0 Å². The number of carboxylic acid groups (broad SMARTS) is 1. The molecular weight excluding hydrogens is 234 g/mol. The van der Waals surface area contributed by atoms with Gasteiger partial charge in [-0.25, -0.2) is 0 Å². The molecule has 102 valence electrons. The molecule has 5 heteroatoms. The summed E-state index contributed by atoms with van der Waals surface area (Å²) in [7, 11) is 0. The zero-order chi connectivity index (χ0) is 13.0. The Labute approximate surface area is 107 Å². The van der Waals surface area contributed by atoms with Gasteiger partial charge in [0.25, 0.3) is 0 Å². The van der Waals surface area contributed by atoms with Gasteiger partial charge in [0, 0.05) is 19.8 Å². The highest BCUT2D eigenvalue weighted by Gasteiger charge is 2.37. The number of nitrogens with one attached hydrogen (secondary N) is 1. The number of carboxylic acids is 1. The van der Waals surface area contributed by atoms with Crippen molar-refractivity contribution in [2.24, 2.45) is 17.8 Å². The summed E-state index contributed by atoms with van der Waals surface area (Å²) in [6, 6.07) is 0. The predicted octanol–water partition coefficient (Wildman–Crippen LogP) is 1.03. The Kier molecular flexibility index (Phi) is 4.58. The summed E-state index contributed by atoms with van der Waals surface area (Å²) in [5.74, 6) is -1.19. The number of hydrogen-bond donors (Lipinski definition) is 2. The lowest BCUT2D eigenvalue weighted by molar-refractivity contribution is -0.146. The Bertz CT molecular complexity index is 312. The summed E-state index contributed by atoms with van der Waals surface area (Å²) >= 11 is 0. The van der Waals surface area contributed by atoms with E-state index in [2.05, 4.69) is 5.32 Å². The lowest BCUT2D eigenvalue weighted by Crippen LogP contribution is -2.36. The highest BCUT2D eigenvalue weighted by atomic mass is 16.5. The fourth-order valence-electron chi connectivity index (χ4n) is 2.91. The van der Waals surface area contributed by atoms with Gasteiger partial charge < -0.3 is 15.2 Å². The molecule has 5 nitrogen and oxygen atoms in total.